The highest BCUT2D eigenvalue weighted by Crippen LogP contribution is 2.47. The largest absolute Gasteiger partial charge is 0.387 e. The van der Waals surface area contributed by atoms with Gasteiger partial charge in [-0.25, -0.2) is 4.39 Å². The van der Waals surface area contributed by atoms with Gasteiger partial charge in [-0.3, -0.25) is 0 Å². The molecule has 0 radical (unpaired) electrons. The van der Waals surface area contributed by atoms with Gasteiger partial charge in [0.1, 0.15) is 5.82 Å². The van der Waals surface area contributed by atoms with Crippen molar-refractivity contribution in [3.05, 3.63) is 35.6 Å². The van der Waals surface area contributed by atoms with E-state index in [1.165, 1.54) is 25.0 Å². The number of rotatable bonds is 4. The number of halogens is 1. The Kier molecular flexibility index (Phi) is 4.77. The molecule has 1 aromatic carbocycles. The first kappa shape index (κ1) is 15.0. The third-order valence-corrected chi connectivity index (χ3v) is 4.63. The Balaban J connectivity index is 2.12. The SMILES string of the molecule is CCCC1CCC(C#N)(C(O)c2ccc(F)cc2)CC1. The second-order valence-electron chi connectivity index (χ2n) is 5.95. The predicted molar refractivity (Wildman–Crippen MR) is 76.3 cm³/mol. The fourth-order valence-corrected chi connectivity index (χ4v) is 3.30. The average molecular weight is 275 g/mol. The summed E-state index contributed by atoms with van der Waals surface area (Å²) >= 11 is 0. The quantitative estimate of drug-likeness (QED) is 0.887. The minimum absolute atomic E-state index is 0.321. The van der Waals surface area contributed by atoms with Crippen LogP contribution in [0.1, 0.15) is 57.1 Å². The van der Waals surface area contributed by atoms with E-state index < -0.39 is 11.5 Å². The topological polar surface area (TPSA) is 44.0 Å². The smallest absolute Gasteiger partial charge is 0.123 e. The van der Waals surface area contributed by atoms with Crippen molar-refractivity contribution in [3.8, 4) is 6.07 Å². The van der Waals surface area contributed by atoms with Crippen molar-refractivity contribution in [3.63, 3.8) is 0 Å². The van der Waals surface area contributed by atoms with Crippen LogP contribution >= 0.6 is 0 Å². The Labute approximate surface area is 120 Å². The highest BCUT2D eigenvalue weighted by Gasteiger charge is 2.42. The molecule has 0 aromatic heterocycles. The van der Waals surface area contributed by atoms with Gasteiger partial charge in [-0.2, -0.15) is 5.26 Å². The lowest BCUT2D eigenvalue weighted by Gasteiger charge is -2.38. The van der Waals surface area contributed by atoms with Crippen molar-refractivity contribution < 1.29 is 9.50 Å². The van der Waals surface area contributed by atoms with Gasteiger partial charge in [0, 0.05) is 0 Å². The Hall–Kier alpha value is -1.40. The summed E-state index contributed by atoms with van der Waals surface area (Å²) in [6.45, 7) is 2.18. The maximum Gasteiger partial charge on any atom is 0.123 e. The Morgan fingerprint density at radius 2 is 1.95 bits per heavy atom. The maximum atomic E-state index is 13.0. The summed E-state index contributed by atoms with van der Waals surface area (Å²) < 4.78 is 13.0. The van der Waals surface area contributed by atoms with Gasteiger partial charge in [-0.15, -0.1) is 0 Å². The third kappa shape index (κ3) is 3.02. The van der Waals surface area contributed by atoms with E-state index in [4.69, 9.17) is 0 Å². The summed E-state index contributed by atoms with van der Waals surface area (Å²) in [4.78, 5) is 0. The molecule has 1 atom stereocenters. The second kappa shape index (κ2) is 6.37. The summed E-state index contributed by atoms with van der Waals surface area (Å²) in [6, 6.07) is 8.19. The second-order valence-corrected chi connectivity index (χ2v) is 5.95. The third-order valence-electron chi connectivity index (χ3n) is 4.63. The molecule has 2 nitrogen and oxygen atoms in total. The maximum absolute atomic E-state index is 13.0. The molecule has 3 heteroatoms. The molecule has 0 saturated heterocycles. The molecule has 0 amide bonds. The number of nitriles is 1. The van der Waals surface area contributed by atoms with Gasteiger partial charge in [-0.1, -0.05) is 31.9 Å². The van der Waals surface area contributed by atoms with Crippen LogP contribution in [0.5, 0.6) is 0 Å². The normalized spacial score (nSPS) is 27.8. The fraction of sp³-hybridized carbons (Fsp3) is 0.588. The Morgan fingerprint density at radius 3 is 2.45 bits per heavy atom. The molecule has 1 unspecified atom stereocenters. The summed E-state index contributed by atoms with van der Waals surface area (Å²) in [6.07, 6.45) is 5.01. The van der Waals surface area contributed by atoms with Crippen LogP contribution in [0.3, 0.4) is 0 Å². The van der Waals surface area contributed by atoms with E-state index in [1.807, 2.05) is 0 Å². The number of benzene rings is 1. The van der Waals surface area contributed by atoms with Crippen LogP contribution in [0.15, 0.2) is 24.3 Å². The summed E-state index contributed by atoms with van der Waals surface area (Å²) in [5.41, 5.74) is -0.0656. The molecule has 1 aromatic rings. The van der Waals surface area contributed by atoms with Crippen molar-refractivity contribution in [1.82, 2.24) is 0 Å². The van der Waals surface area contributed by atoms with Gasteiger partial charge in [0.2, 0.25) is 0 Å². The Bertz CT molecular complexity index is 469. The van der Waals surface area contributed by atoms with Gasteiger partial charge in [0.15, 0.2) is 0 Å². The molecular weight excluding hydrogens is 253 g/mol. The molecular formula is C17H22FNO. The van der Waals surface area contributed by atoms with E-state index in [9.17, 15) is 14.8 Å². The van der Waals surface area contributed by atoms with Gasteiger partial charge in [-0.05, 0) is 49.3 Å². The van der Waals surface area contributed by atoms with E-state index in [-0.39, 0.29) is 5.82 Å². The van der Waals surface area contributed by atoms with Crippen LogP contribution < -0.4 is 0 Å². The van der Waals surface area contributed by atoms with Crippen LogP contribution in [-0.2, 0) is 0 Å². The number of hydrogen-bond donors (Lipinski definition) is 1. The molecule has 0 spiro atoms. The number of hydrogen-bond acceptors (Lipinski definition) is 2. The van der Waals surface area contributed by atoms with Crippen molar-refractivity contribution in [2.24, 2.45) is 11.3 Å². The molecule has 1 saturated carbocycles. The van der Waals surface area contributed by atoms with E-state index in [1.54, 1.807) is 12.1 Å². The van der Waals surface area contributed by atoms with Crippen LogP contribution in [0, 0.1) is 28.5 Å². The molecule has 20 heavy (non-hydrogen) atoms. The van der Waals surface area contributed by atoms with Crippen molar-refractivity contribution in [2.45, 2.75) is 51.6 Å². The first-order chi connectivity index (χ1) is 9.61. The Morgan fingerprint density at radius 1 is 1.35 bits per heavy atom. The average Bonchev–Trinajstić information content (AvgIpc) is 2.49. The lowest BCUT2D eigenvalue weighted by molar-refractivity contribution is 0.0236. The minimum Gasteiger partial charge on any atom is -0.387 e. The van der Waals surface area contributed by atoms with E-state index in [2.05, 4.69) is 13.0 Å². The molecule has 1 N–H and O–H groups in total. The standard InChI is InChI=1S/C17H22FNO/c1-2-3-13-8-10-17(12-19,11-9-13)16(20)14-4-6-15(18)7-5-14/h4-7,13,16,20H,2-3,8-11H2,1H3. The molecule has 108 valence electrons. The van der Waals surface area contributed by atoms with Crippen molar-refractivity contribution >= 4 is 0 Å². The van der Waals surface area contributed by atoms with Crippen LogP contribution in [0.25, 0.3) is 0 Å². The van der Waals surface area contributed by atoms with Gasteiger partial charge in [0.25, 0.3) is 0 Å². The zero-order valence-electron chi connectivity index (χ0n) is 12.0. The molecule has 2 rings (SSSR count). The minimum atomic E-state index is -0.823. The first-order valence-corrected chi connectivity index (χ1v) is 7.46. The number of aliphatic hydroxyl groups excluding tert-OH is 1. The fourth-order valence-electron chi connectivity index (χ4n) is 3.30. The summed E-state index contributed by atoms with van der Waals surface area (Å²) in [5, 5.41) is 20.1. The molecule has 1 aliphatic rings. The monoisotopic (exact) mass is 275 g/mol. The van der Waals surface area contributed by atoms with E-state index in [0.717, 1.165) is 25.7 Å². The van der Waals surface area contributed by atoms with Crippen molar-refractivity contribution in [1.29, 1.82) is 5.26 Å². The van der Waals surface area contributed by atoms with Gasteiger partial charge >= 0.3 is 0 Å². The summed E-state index contributed by atoms with van der Waals surface area (Å²) in [5.74, 6) is 0.362. The molecule has 1 fully saturated rings. The predicted octanol–water partition coefficient (Wildman–Crippen LogP) is 4.36. The first-order valence-electron chi connectivity index (χ1n) is 7.46. The molecule has 0 heterocycles. The van der Waals surface area contributed by atoms with Gasteiger partial charge < -0.3 is 5.11 Å². The van der Waals surface area contributed by atoms with Crippen LogP contribution in [0.2, 0.25) is 0 Å². The molecule has 1 aliphatic carbocycles. The van der Waals surface area contributed by atoms with Crippen LogP contribution in [-0.4, -0.2) is 5.11 Å². The molecule has 0 aliphatic heterocycles. The van der Waals surface area contributed by atoms with Gasteiger partial charge in [0.05, 0.1) is 17.6 Å². The van der Waals surface area contributed by atoms with Crippen molar-refractivity contribution in [2.75, 3.05) is 0 Å². The summed E-state index contributed by atoms with van der Waals surface area (Å²) in [7, 11) is 0. The highest BCUT2D eigenvalue weighted by atomic mass is 19.1. The lowest BCUT2D eigenvalue weighted by atomic mass is 9.66. The zero-order chi connectivity index (χ0) is 14.6. The zero-order valence-corrected chi connectivity index (χ0v) is 12.0. The lowest BCUT2D eigenvalue weighted by Crippen LogP contribution is -2.32. The molecule has 0 bridgehead atoms. The number of nitrogens with zero attached hydrogens (tertiary/aromatic N) is 1. The highest BCUT2D eigenvalue weighted by molar-refractivity contribution is 5.24. The van der Waals surface area contributed by atoms with Crippen LogP contribution in [0.4, 0.5) is 4.39 Å². The van der Waals surface area contributed by atoms with E-state index in [0.29, 0.717) is 11.5 Å². The van der Waals surface area contributed by atoms with E-state index >= 15 is 0 Å². The number of aliphatic hydroxyl groups is 1.